The summed E-state index contributed by atoms with van der Waals surface area (Å²) in [5.74, 6) is -0.672. The van der Waals surface area contributed by atoms with Gasteiger partial charge in [0.15, 0.2) is 0 Å². The minimum absolute atomic E-state index is 0.0169. The summed E-state index contributed by atoms with van der Waals surface area (Å²) in [5.41, 5.74) is 0. The van der Waals surface area contributed by atoms with Gasteiger partial charge in [0, 0.05) is 0 Å². The van der Waals surface area contributed by atoms with Crippen molar-refractivity contribution in [1.82, 2.24) is 4.72 Å². The molecule has 1 aromatic rings. The fraction of sp³-hybridized carbons (Fsp3) is 0.375. The number of carbonyl (C=O) groups is 1. The monoisotopic (exact) mass is 395 g/mol. The maximum absolute atomic E-state index is 11.9. The van der Waals surface area contributed by atoms with Crippen LogP contribution in [0.4, 0.5) is 0 Å². The maximum Gasteiger partial charge on any atom is 0.321 e. The van der Waals surface area contributed by atoms with Crippen molar-refractivity contribution in [3.8, 4) is 0 Å². The number of hydrogen-bond donors (Lipinski definition) is 1. The van der Waals surface area contributed by atoms with Crippen LogP contribution in [0.15, 0.2) is 9.37 Å². The van der Waals surface area contributed by atoms with E-state index in [9.17, 15) is 13.2 Å². The summed E-state index contributed by atoms with van der Waals surface area (Å²) in [6.07, 6.45) is 0. The van der Waals surface area contributed by atoms with E-state index in [0.717, 1.165) is 11.3 Å². The third-order valence-electron chi connectivity index (χ3n) is 1.71. The molecule has 0 saturated heterocycles. The van der Waals surface area contributed by atoms with E-state index in [1.165, 1.54) is 0 Å². The van der Waals surface area contributed by atoms with Crippen LogP contribution in [-0.4, -0.2) is 27.5 Å². The van der Waals surface area contributed by atoms with Crippen LogP contribution >= 0.6 is 50.5 Å². The van der Waals surface area contributed by atoms with Crippen molar-refractivity contribution in [2.45, 2.75) is 11.8 Å². The van der Waals surface area contributed by atoms with Crippen LogP contribution in [0.5, 0.6) is 0 Å². The summed E-state index contributed by atoms with van der Waals surface area (Å²) >= 11 is 15.5. The molecule has 0 fully saturated rings. The molecule has 0 radical (unpaired) electrons. The quantitative estimate of drug-likeness (QED) is 0.776. The van der Waals surface area contributed by atoms with E-state index in [1.807, 2.05) is 0 Å². The van der Waals surface area contributed by atoms with Gasteiger partial charge in [-0.15, -0.1) is 11.3 Å². The Morgan fingerprint density at radius 2 is 2.06 bits per heavy atom. The van der Waals surface area contributed by atoms with Crippen LogP contribution in [0.3, 0.4) is 0 Å². The molecule has 0 aromatic carbocycles. The number of hydrogen-bond acceptors (Lipinski definition) is 5. The highest BCUT2D eigenvalue weighted by atomic mass is 79.9. The number of halogens is 3. The number of nitrogens with one attached hydrogen (secondary N) is 1. The Labute approximate surface area is 127 Å². The first-order valence-corrected chi connectivity index (χ1v) is 8.43. The first-order valence-electron chi connectivity index (χ1n) is 4.58. The number of carbonyl (C=O) groups excluding carboxylic acids is 1. The summed E-state index contributed by atoms with van der Waals surface area (Å²) in [6.45, 7) is 1.33. The average molecular weight is 397 g/mol. The average Bonchev–Trinajstić information content (AvgIpc) is 2.51. The molecule has 0 atom stereocenters. The first-order chi connectivity index (χ1) is 8.29. The maximum atomic E-state index is 11.9. The molecule has 1 N–H and O–H groups in total. The van der Waals surface area contributed by atoms with Gasteiger partial charge in [-0.25, -0.2) is 8.42 Å². The fourth-order valence-electron chi connectivity index (χ4n) is 1.01. The molecular weight excluding hydrogens is 389 g/mol. The highest BCUT2D eigenvalue weighted by molar-refractivity contribution is 9.10. The van der Waals surface area contributed by atoms with Gasteiger partial charge in [-0.05, 0) is 22.9 Å². The van der Waals surface area contributed by atoms with Gasteiger partial charge >= 0.3 is 5.97 Å². The lowest BCUT2D eigenvalue weighted by Crippen LogP contribution is -2.30. The van der Waals surface area contributed by atoms with Gasteiger partial charge in [0.2, 0.25) is 10.0 Å². The number of thiophene rings is 1. The largest absolute Gasteiger partial charge is 0.465 e. The van der Waals surface area contributed by atoms with E-state index in [1.54, 1.807) is 6.92 Å². The van der Waals surface area contributed by atoms with Gasteiger partial charge in [-0.1, -0.05) is 23.2 Å². The zero-order valence-electron chi connectivity index (χ0n) is 9.00. The molecule has 5 nitrogen and oxygen atoms in total. The van der Waals surface area contributed by atoms with Gasteiger partial charge in [0.05, 0.1) is 11.1 Å². The minimum Gasteiger partial charge on any atom is -0.465 e. The molecule has 1 heterocycles. The minimum atomic E-state index is -3.92. The Balaban J connectivity index is 2.90. The molecule has 0 bridgehead atoms. The number of sulfonamides is 1. The van der Waals surface area contributed by atoms with Crippen molar-refractivity contribution in [2.75, 3.05) is 13.2 Å². The first kappa shape index (κ1) is 16.2. The van der Waals surface area contributed by atoms with Crippen LogP contribution < -0.4 is 4.72 Å². The predicted molar refractivity (Wildman–Crippen MR) is 73.9 cm³/mol. The zero-order valence-corrected chi connectivity index (χ0v) is 13.7. The number of ether oxygens (including phenoxy) is 1. The lowest BCUT2D eigenvalue weighted by atomic mass is 10.7. The van der Waals surface area contributed by atoms with Gasteiger partial charge in [0.25, 0.3) is 0 Å². The van der Waals surface area contributed by atoms with Crippen LogP contribution in [0.25, 0.3) is 0 Å². The highest BCUT2D eigenvalue weighted by Gasteiger charge is 2.26. The smallest absolute Gasteiger partial charge is 0.321 e. The van der Waals surface area contributed by atoms with E-state index in [-0.39, 0.29) is 24.6 Å². The van der Waals surface area contributed by atoms with Crippen LogP contribution in [0.2, 0.25) is 8.67 Å². The number of rotatable bonds is 5. The molecule has 102 valence electrons. The lowest BCUT2D eigenvalue weighted by Gasteiger charge is -2.06. The summed E-state index contributed by atoms with van der Waals surface area (Å²) in [4.78, 5) is 10.9. The molecule has 0 aliphatic rings. The number of esters is 1. The third-order valence-corrected chi connectivity index (χ3v) is 6.58. The molecule has 0 aliphatic carbocycles. The Kier molecular flexibility index (Phi) is 5.88. The normalized spacial score (nSPS) is 11.6. The molecule has 10 heteroatoms. The third kappa shape index (κ3) is 3.82. The topological polar surface area (TPSA) is 72.5 Å². The van der Waals surface area contributed by atoms with Gasteiger partial charge in [-0.2, -0.15) is 4.72 Å². The molecule has 1 rings (SSSR count). The van der Waals surface area contributed by atoms with Crippen molar-refractivity contribution in [2.24, 2.45) is 0 Å². The molecule has 0 amide bonds. The Hall–Kier alpha value is 0.140. The van der Waals surface area contributed by atoms with Crippen LogP contribution in [0, 0.1) is 0 Å². The zero-order chi connectivity index (χ0) is 13.9. The van der Waals surface area contributed by atoms with Gasteiger partial charge in [0.1, 0.15) is 20.1 Å². The standard InChI is InChI=1S/C8H8BrCl2NO4S2/c1-2-16-4(13)3-12-18(14,15)6-5(9)7(10)17-8(6)11/h12H,2-3H2,1H3. The van der Waals surface area contributed by atoms with Crippen molar-refractivity contribution in [1.29, 1.82) is 0 Å². The van der Waals surface area contributed by atoms with E-state index in [4.69, 9.17) is 23.2 Å². The summed E-state index contributed by atoms with van der Waals surface area (Å²) in [5, 5.41) is 0. The predicted octanol–water partition coefficient (Wildman–Crippen LogP) is 2.66. The van der Waals surface area contributed by atoms with E-state index >= 15 is 0 Å². The fourth-order valence-corrected chi connectivity index (χ4v) is 5.53. The summed E-state index contributed by atoms with van der Waals surface area (Å²) < 4.78 is 30.9. The summed E-state index contributed by atoms with van der Waals surface area (Å²) in [6, 6.07) is 0. The molecule has 0 saturated carbocycles. The van der Waals surface area contributed by atoms with Crippen LogP contribution in [0.1, 0.15) is 6.92 Å². The molecule has 0 aliphatic heterocycles. The van der Waals surface area contributed by atoms with Crippen LogP contribution in [-0.2, 0) is 19.6 Å². The highest BCUT2D eigenvalue weighted by Crippen LogP contribution is 2.42. The van der Waals surface area contributed by atoms with Gasteiger partial charge < -0.3 is 4.74 Å². The molecule has 0 unspecified atom stereocenters. The Morgan fingerprint density at radius 3 is 2.50 bits per heavy atom. The van der Waals surface area contributed by atoms with Crippen molar-refractivity contribution < 1.29 is 17.9 Å². The van der Waals surface area contributed by atoms with Crippen molar-refractivity contribution >= 4 is 66.5 Å². The molecular formula is C8H8BrCl2NO4S2. The Bertz CT molecular complexity index is 558. The van der Waals surface area contributed by atoms with E-state index < -0.39 is 22.5 Å². The second-order valence-electron chi connectivity index (χ2n) is 2.92. The van der Waals surface area contributed by atoms with E-state index in [0.29, 0.717) is 0 Å². The molecule has 0 spiro atoms. The Morgan fingerprint density at radius 1 is 1.44 bits per heavy atom. The lowest BCUT2D eigenvalue weighted by molar-refractivity contribution is -0.141. The van der Waals surface area contributed by atoms with E-state index in [2.05, 4.69) is 25.4 Å². The summed E-state index contributed by atoms with van der Waals surface area (Å²) in [7, 11) is -3.92. The second-order valence-corrected chi connectivity index (χ2v) is 7.64. The molecule has 1 aromatic heterocycles. The van der Waals surface area contributed by atoms with Crippen molar-refractivity contribution in [3.63, 3.8) is 0 Å². The van der Waals surface area contributed by atoms with Crippen molar-refractivity contribution in [3.05, 3.63) is 13.1 Å². The molecule has 18 heavy (non-hydrogen) atoms. The second kappa shape index (κ2) is 6.53. The van der Waals surface area contributed by atoms with Gasteiger partial charge in [-0.3, -0.25) is 4.79 Å². The SMILES string of the molecule is CCOC(=O)CNS(=O)(=O)c1c(Cl)sc(Cl)c1Br.